The largest absolute Gasteiger partial charge is 0.380 e. The topological polar surface area (TPSA) is 193 Å². The Bertz CT molecular complexity index is 1300. The number of benzene rings is 2. The van der Waals surface area contributed by atoms with E-state index >= 15 is 0 Å². The van der Waals surface area contributed by atoms with Crippen LogP contribution >= 0.6 is 0 Å². The summed E-state index contributed by atoms with van der Waals surface area (Å²) in [5.74, 6) is -1.69. The predicted molar refractivity (Wildman–Crippen MR) is 181 cm³/mol. The van der Waals surface area contributed by atoms with E-state index in [4.69, 9.17) is 16.2 Å². The molecule has 0 aromatic heterocycles. The minimum Gasteiger partial charge on any atom is -0.380 e. The second-order valence-corrected chi connectivity index (χ2v) is 11.6. The number of nitrogens with one attached hydrogen (secondary N) is 4. The first kappa shape index (κ1) is 37.0. The SMILES string of the molecule is CCCC[C@@H](NC(=O)[C@@H](Cc1ccccc1)NC(=O)[C@H](N)Cc1ccccc1)C(=O)N[C@H](CNC(N)=NC)C(=O)N1CCCOCC1. The molecule has 0 spiro atoms. The zero-order valence-corrected chi connectivity index (χ0v) is 27.5. The van der Waals surface area contributed by atoms with Crippen LogP contribution in [-0.2, 0) is 36.8 Å². The molecule has 0 saturated carbocycles. The Morgan fingerprint density at radius 2 is 1.43 bits per heavy atom. The molecule has 47 heavy (non-hydrogen) atoms. The molecule has 1 aliphatic heterocycles. The highest BCUT2D eigenvalue weighted by molar-refractivity contribution is 5.95. The molecule has 2 aromatic rings. The van der Waals surface area contributed by atoms with Gasteiger partial charge in [0.2, 0.25) is 23.6 Å². The second kappa shape index (κ2) is 19.9. The third-order valence-electron chi connectivity index (χ3n) is 7.91. The second-order valence-electron chi connectivity index (χ2n) is 11.6. The third-order valence-corrected chi connectivity index (χ3v) is 7.91. The van der Waals surface area contributed by atoms with E-state index in [1.165, 1.54) is 7.05 Å². The molecule has 2 aromatic carbocycles. The number of carbonyl (C=O) groups is 4. The smallest absolute Gasteiger partial charge is 0.247 e. The van der Waals surface area contributed by atoms with Gasteiger partial charge in [-0.3, -0.25) is 24.2 Å². The van der Waals surface area contributed by atoms with Crippen LogP contribution < -0.4 is 32.7 Å². The molecule has 1 aliphatic rings. The molecule has 4 atom stereocenters. The first-order valence-electron chi connectivity index (χ1n) is 16.3. The van der Waals surface area contributed by atoms with E-state index in [0.717, 1.165) is 17.5 Å². The van der Waals surface area contributed by atoms with Crippen molar-refractivity contribution in [1.82, 2.24) is 26.2 Å². The predicted octanol–water partition coefficient (Wildman–Crippen LogP) is 0.227. The van der Waals surface area contributed by atoms with Crippen LogP contribution in [0.1, 0.15) is 43.7 Å². The van der Waals surface area contributed by atoms with E-state index in [9.17, 15) is 19.2 Å². The Kier molecular flexibility index (Phi) is 15.7. The fourth-order valence-corrected chi connectivity index (χ4v) is 5.19. The van der Waals surface area contributed by atoms with Gasteiger partial charge in [-0.1, -0.05) is 80.4 Å². The highest BCUT2D eigenvalue weighted by Crippen LogP contribution is 2.09. The molecule has 0 radical (unpaired) electrons. The van der Waals surface area contributed by atoms with Gasteiger partial charge >= 0.3 is 0 Å². The fraction of sp³-hybridized carbons (Fsp3) is 0.500. The van der Waals surface area contributed by atoms with Gasteiger partial charge in [-0.25, -0.2) is 0 Å². The Morgan fingerprint density at radius 1 is 0.830 bits per heavy atom. The number of hydrogen-bond donors (Lipinski definition) is 6. The maximum Gasteiger partial charge on any atom is 0.247 e. The van der Waals surface area contributed by atoms with Crippen LogP contribution in [0.2, 0.25) is 0 Å². The van der Waals surface area contributed by atoms with Crippen molar-refractivity contribution in [3.63, 3.8) is 0 Å². The Labute approximate surface area is 277 Å². The summed E-state index contributed by atoms with van der Waals surface area (Å²) in [5.41, 5.74) is 13.8. The zero-order chi connectivity index (χ0) is 34.0. The molecule has 0 aliphatic carbocycles. The molecule has 13 heteroatoms. The minimum absolute atomic E-state index is 0.00550. The van der Waals surface area contributed by atoms with Gasteiger partial charge in [0.15, 0.2) is 5.96 Å². The number of unbranched alkanes of at least 4 members (excludes halogenated alkanes) is 1. The van der Waals surface area contributed by atoms with Crippen LogP contribution in [0.3, 0.4) is 0 Å². The van der Waals surface area contributed by atoms with E-state index in [1.54, 1.807) is 4.90 Å². The molecule has 1 heterocycles. The number of nitrogens with zero attached hydrogens (tertiary/aromatic N) is 2. The van der Waals surface area contributed by atoms with Gasteiger partial charge in [0.05, 0.1) is 12.6 Å². The molecular weight excluding hydrogens is 600 g/mol. The summed E-state index contributed by atoms with van der Waals surface area (Å²) in [6.07, 6.45) is 2.92. The maximum absolute atomic E-state index is 13.8. The molecule has 8 N–H and O–H groups in total. The fourth-order valence-electron chi connectivity index (χ4n) is 5.19. The number of amides is 4. The minimum atomic E-state index is -1.000. The van der Waals surface area contributed by atoms with Crippen LogP contribution in [0.25, 0.3) is 0 Å². The first-order chi connectivity index (χ1) is 22.7. The van der Waals surface area contributed by atoms with E-state index in [-0.39, 0.29) is 24.8 Å². The molecule has 0 bridgehead atoms. The molecule has 256 valence electrons. The average Bonchev–Trinajstić information content (AvgIpc) is 3.38. The molecule has 0 unspecified atom stereocenters. The number of rotatable bonds is 16. The van der Waals surface area contributed by atoms with Crippen LogP contribution in [0.5, 0.6) is 0 Å². The van der Waals surface area contributed by atoms with Crippen molar-refractivity contribution in [3.8, 4) is 0 Å². The number of guanidine groups is 1. The number of hydrogen-bond acceptors (Lipinski definition) is 7. The lowest BCUT2D eigenvalue weighted by Crippen LogP contribution is -2.60. The highest BCUT2D eigenvalue weighted by Gasteiger charge is 2.32. The lowest BCUT2D eigenvalue weighted by molar-refractivity contribution is -0.137. The summed E-state index contributed by atoms with van der Waals surface area (Å²) in [5, 5.41) is 11.4. The van der Waals surface area contributed by atoms with Crippen molar-refractivity contribution >= 4 is 29.6 Å². The van der Waals surface area contributed by atoms with E-state index in [2.05, 4.69) is 26.3 Å². The van der Waals surface area contributed by atoms with E-state index in [0.29, 0.717) is 52.0 Å². The Hall–Kier alpha value is -4.49. The standard InChI is InChI=1S/C34H50N8O5/c1-3-4-16-27(31(44)41-29(23-38-34(36)37-2)33(46)42-17-11-19-47-20-18-42)39-32(45)28(22-25-14-9-6-10-15-25)40-30(43)26(35)21-24-12-7-5-8-13-24/h5-10,12-15,26-29H,3-4,11,16-23,35H2,1-2H3,(H,39,45)(H,40,43)(H,41,44)(H3,36,37,38)/t26-,27-,28-,29-/m1/s1. The van der Waals surface area contributed by atoms with Crippen molar-refractivity contribution in [1.29, 1.82) is 0 Å². The normalized spacial score (nSPS) is 16.1. The highest BCUT2D eigenvalue weighted by atomic mass is 16.5. The molecular formula is C34H50N8O5. The summed E-state index contributed by atoms with van der Waals surface area (Å²) in [6, 6.07) is 14.9. The van der Waals surface area contributed by atoms with Gasteiger partial charge in [0.1, 0.15) is 18.1 Å². The van der Waals surface area contributed by atoms with Crippen LogP contribution in [0.15, 0.2) is 65.7 Å². The summed E-state index contributed by atoms with van der Waals surface area (Å²) >= 11 is 0. The van der Waals surface area contributed by atoms with Crippen LogP contribution in [0.4, 0.5) is 0 Å². The Morgan fingerprint density at radius 3 is 2.06 bits per heavy atom. The van der Waals surface area contributed by atoms with Crippen molar-refractivity contribution in [2.24, 2.45) is 16.5 Å². The Balaban J connectivity index is 1.78. The van der Waals surface area contributed by atoms with Crippen LogP contribution in [-0.4, -0.2) is 98.6 Å². The first-order valence-corrected chi connectivity index (χ1v) is 16.3. The quantitative estimate of drug-likeness (QED) is 0.110. The van der Waals surface area contributed by atoms with Gasteiger partial charge < -0.3 is 42.4 Å². The molecule has 4 amide bonds. The van der Waals surface area contributed by atoms with Crippen molar-refractivity contribution in [2.75, 3.05) is 39.9 Å². The molecule has 1 saturated heterocycles. The van der Waals surface area contributed by atoms with Crippen molar-refractivity contribution < 1.29 is 23.9 Å². The summed E-state index contributed by atoms with van der Waals surface area (Å²) in [6.45, 7) is 3.83. The average molecular weight is 651 g/mol. The van der Waals surface area contributed by atoms with Crippen molar-refractivity contribution in [2.45, 2.75) is 69.6 Å². The number of aliphatic imine (C=N–C) groups is 1. The van der Waals surface area contributed by atoms with Crippen LogP contribution in [0, 0.1) is 0 Å². The summed E-state index contributed by atoms with van der Waals surface area (Å²) < 4.78 is 5.49. The molecule has 3 rings (SSSR count). The number of ether oxygens (including phenoxy) is 1. The van der Waals surface area contributed by atoms with E-state index < -0.39 is 41.9 Å². The summed E-state index contributed by atoms with van der Waals surface area (Å²) in [7, 11) is 1.51. The van der Waals surface area contributed by atoms with Gasteiger partial charge in [0, 0.05) is 39.7 Å². The van der Waals surface area contributed by atoms with E-state index in [1.807, 2.05) is 67.6 Å². The number of carbonyl (C=O) groups excluding carboxylic acids is 4. The lowest BCUT2D eigenvalue weighted by Gasteiger charge is -2.29. The monoisotopic (exact) mass is 650 g/mol. The number of nitrogens with two attached hydrogens (primary N) is 2. The molecule has 1 fully saturated rings. The summed E-state index contributed by atoms with van der Waals surface area (Å²) in [4.78, 5) is 59.9. The molecule has 13 nitrogen and oxygen atoms in total. The van der Waals surface area contributed by atoms with Gasteiger partial charge in [-0.05, 0) is 30.4 Å². The van der Waals surface area contributed by atoms with Gasteiger partial charge in [-0.15, -0.1) is 0 Å². The zero-order valence-electron chi connectivity index (χ0n) is 27.5. The van der Waals surface area contributed by atoms with Gasteiger partial charge in [0.25, 0.3) is 0 Å². The third kappa shape index (κ3) is 12.7. The lowest BCUT2D eigenvalue weighted by atomic mass is 10.0. The van der Waals surface area contributed by atoms with Gasteiger partial charge in [-0.2, -0.15) is 0 Å². The maximum atomic E-state index is 13.8. The van der Waals surface area contributed by atoms with Crippen molar-refractivity contribution in [3.05, 3.63) is 71.8 Å².